The van der Waals surface area contributed by atoms with Crippen molar-refractivity contribution in [3.63, 3.8) is 0 Å². The van der Waals surface area contributed by atoms with Crippen molar-refractivity contribution in [1.29, 1.82) is 0 Å². The van der Waals surface area contributed by atoms with Crippen LogP contribution in [0.2, 0.25) is 0 Å². The zero-order valence-corrected chi connectivity index (χ0v) is 14.2. The van der Waals surface area contributed by atoms with Gasteiger partial charge in [0.1, 0.15) is 5.82 Å². The molecule has 5 nitrogen and oxygen atoms in total. The lowest BCUT2D eigenvalue weighted by Gasteiger charge is -2.25. The van der Waals surface area contributed by atoms with Gasteiger partial charge in [-0.05, 0) is 50.2 Å². The maximum Gasteiger partial charge on any atom is 0.223 e. The van der Waals surface area contributed by atoms with Crippen molar-refractivity contribution in [3.05, 3.63) is 47.8 Å². The van der Waals surface area contributed by atoms with Gasteiger partial charge < -0.3 is 9.47 Å². The lowest BCUT2D eigenvalue weighted by Crippen LogP contribution is -2.32. The molecule has 0 N–H and O–H groups in total. The Bertz CT molecular complexity index is 720. The van der Waals surface area contributed by atoms with Crippen LogP contribution in [-0.4, -0.2) is 31.9 Å². The molecule has 0 radical (unpaired) electrons. The maximum atomic E-state index is 12.6. The Morgan fingerprint density at radius 2 is 2.17 bits per heavy atom. The van der Waals surface area contributed by atoms with E-state index < -0.39 is 0 Å². The van der Waals surface area contributed by atoms with Crippen molar-refractivity contribution in [2.24, 2.45) is 5.92 Å². The molecule has 1 aliphatic heterocycles. The Morgan fingerprint density at radius 1 is 1.29 bits per heavy atom. The lowest BCUT2D eigenvalue weighted by molar-refractivity contribution is -0.132. The number of aryl methyl sites for hydroxylation is 1. The third-order valence-electron chi connectivity index (χ3n) is 5.18. The standard InChI is InChI=1S/C19H24N4O/c1-14-11-21-19(23(14)13-16-4-2-8-20-12-16)17-5-3-9-22(17)18(24)10-15-6-7-15/h2,4,8,11-12,15,17H,3,5-7,9-10,13H2,1H3. The highest BCUT2D eigenvalue weighted by atomic mass is 16.2. The number of hydrogen-bond donors (Lipinski definition) is 0. The molecule has 2 aromatic rings. The van der Waals surface area contributed by atoms with Crippen LogP contribution in [0.3, 0.4) is 0 Å². The molecule has 24 heavy (non-hydrogen) atoms. The fraction of sp³-hybridized carbons (Fsp3) is 0.526. The van der Waals surface area contributed by atoms with Crippen LogP contribution in [0.5, 0.6) is 0 Å². The van der Waals surface area contributed by atoms with E-state index in [0.29, 0.717) is 11.8 Å². The van der Waals surface area contributed by atoms with Crippen molar-refractivity contribution in [2.75, 3.05) is 6.54 Å². The Balaban J connectivity index is 1.57. The van der Waals surface area contributed by atoms with E-state index in [1.807, 2.05) is 18.5 Å². The molecule has 0 aromatic carbocycles. The van der Waals surface area contributed by atoms with Crippen LogP contribution in [0.15, 0.2) is 30.7 Å². The van der Waals surface area contributed by atoms with Gasteiger partial charge in [0.2, 0.25) is 5.91 Å². The van der Waals surface area contributed by atoms with E-state index in [9.17, 15) is 4.79 Å². The zero-order chi connectivity index (χ0) is 16.5. The summed E-state index contributed by atoms with van der Waals surface area (Å²) in [7, 11) is 0. The molecule has 1 atom stereocenters. The SMILES string of the molecule is Cc1cnc(C2CCCN2C(=O)CC2CC2)n1Cc1cccnc1. The van der Waals surface area contributed by atoms with E-state index in [0.717, 1.165) is 49.4 Å². The van der Waals surface area contributed by atoms with Gasteiger partial charge in [0, 0.05) is 37.3 Å². The fourth-order valence-corrected chi connectivity index (χ4v) is 3.65. The number of aromatic nitrogens is 3. The van der Waals surface area contributed by atoms with E-state index >= 15 is 0 Å². The summed E-state index contributed by atoms with van der Waals surface area (Å²) < 4.78 is 2.24. The van der Waals surface area contributed by atoms with Crippen LogP contribution >= 0.6 is 0 Å². The average molecular weight is 324 g/mol. The molecule has 5 heteroatoms. The Labute approximate surface area is 142 Å². The van der Waals surface area contributed by atoms with Gasteiger partial charge in [0.25, 0.3) is 0 Å². The summed E-state index contributed by atoms with van der Waals surface area (Å²) in [4.78, 5) is 23.6. The molecular weight excluding hydrogens is 300 g/mol. The molecule has 1 aliphatic carbocycles. The third kappa shape index (κ3) is 3.07. The summed E-state index contributed by atoms with van der Waals surface area (Å²) in [6.45, 7) is 3.71. The number of nitrogens with zero attached hydrogens (tertiary/aromatic N) is 4. The number of hydrogen-bond acceptors (Lipinski definition) is 3. The Hall–Kier alpha value is -2.17. The van der Waals surface area contributed by atoms with Crippen LogP contribution in [0.1, 0.15) is 55.2 Å². The highest BCUT2D eigenvalue weighted by Crippen LogP contribution is 2.37. The predicted molar refractivity (Wildman–Crippen MR) is 91.3 cm³/mol. The largest absolute Gasteiger partial charge is 0.332 e. The van der Waals surface area contributed by atoms with Crippen LogP contribution in [0.4, 0.5) is 0 Å². The molecule has 3 heterocycles. The minimum Gasteiger partial charge on any atom is -0.332 e. The molecule has 0 bridgehead atoms. The first-order valence-corrected chi connectivity index (χ1v) is 8.93. The summed E-state index contributed by atoms with van der Waals surface area (Å²) in [5, 5.41) is 0. The molecule has 2 aromatic heterocycles. The van der Waals surface area contributed by atoms with Crippen LogP contribution < -0.4 is 0 Å². The molecular formula is C19H24N4O. The second kappa shape index (κ2) is 6.38. The minimum absolute atomic E-state index is 0.127. The van der Waals surface area contributed by atoms with E-state index in [1.54, 1.807) is 6.20 Å². The van der Waals surface area contributed by atoms with Gasteiger partial charge in [-0.25, -0.2) is 4.98 Å². The quantitative estimate of drug-likeness (QED) is 0.849. The zero-order valence-electron chi connectivity index (χ0n) is 14.2. The van der Waals surface area contributed by atoms with E-state index in [2.05, 4.69) is 32.4 Å². The first kappa shape index (κ1) is 15.4. The number of carbonyl (C=O) groups excluding carboxylic acids is 1. The van der Waals surface area contributed by atoms with Crippen LogP contribution in [0, 0.1) is 12.8 Å². The van der Waals surface area contributed by atoms with Crippen molar-refractivity contribution in [3.8, 4) is 0 Å². The third-order valence-corrected chi connectivity index (χ3v) is 5.18. The van der Waals surface area contributed by atoms with Gasteiger partial charge in [-0.3, -0.25) is 9.78 Å². The molecule has 1 unspecified atom stereocenters. The molecule has 126 valence electrons. The van der Waals surface area contributed by atoms with E-state index in [-0.39, 0.29) is 6.04 Å². The summed E-state index contributed by atoms with van der Waals surface area (Å²) in [5.41, 5.74) is 2.30. The predicted octanol–water partition coefficient (Wildman–Crippen LogP) is 3.10. The van der Waals surface area contributed by atoms with Gasteiger partial charge in [-0.2, -0.15) is 0 Å². The topological polar surface area (TPSA) is 51.0 Å². The summed E-state index contributed by atoms with van der Waals surface area (Å²) in [6.07, 6.45) is 10.9. The molecule has 2 aliphatic rings. The molecule has 2 fully saturated rings. The van der Waals surface area contributed by atoms with Crippen LogP contribution in [0.25, 0.3) is 0 Å². The second-order valence-electron chi connectivity index (χ2n) is 7.10. The lowest BCUT2D eigenvalue weighted by atomic mass is 10.1. The normalized spacial score (nSPS) is 20.5. The van der Waals surface area contributed by atoms with Crippen molar-refractivity contribution in [1.82, 2.24) is 19.4 Å². The molecule has 4 rings (SSSR count). The molecule has 1 saturated heterocycles. The number of pyridine rings is 1. The van der Waals surface area contributed by atoms with Crippen LogP contribution in [-0.2, 0) is 11.3 Å². The second-order valence-corrected chi connectivity index (χ2v) is 7.10. The molecule has 0 spiro atoms. The molecule has 1 amide bonds. The van der Waals surface area contributed by atoms with Gasteiger partial charge in [0.05, 0.1) is 12.6 Å². The van der Waals surface area contributed by atoms with Gasteiger partial charge >= 0.3 is 0 Å². The number of rotatable bonds is 5. The Morgan fingerprint density at radius 3 is 2.92 bits per heavy atom. The van der Waals surface area contributed by atoms with Crippen molar-refractivity contribution < 1.29 is 4.79 Å². The number of carbonyl (C=O) groups is 1. The summed E-state index contributed by atoms with van der Waals surface area (Å²) in [6, 6.07) is 4.17. The first-order valence-electron chi connectivity index (χ1n) is 8.93. The smallest absolute Gasteiger partial charge is 0.223 e. The monoisotopic (exact) mass is 324 g/mol. The Kier molecular flexibility index (Phi) is 4.08. The van der Waals surface area contributed by atoms with Crippen molar-refractivity contribution in [2.45, 2.75) is 51.6 Å². The van der Waals surface area contributed by atoms with Gasteiger partial charge in [0.15, 0.2) is 0 Å². The first-order chi connectivity index (χ1) is 11.7. The average Bonchev–Trinajstić information content (AvgIpc) is 3.14. The highest BCUT2D eigenvalue weighted by Gasteiger charge is 2.35. The van der Waals surface area contributed by atoms with Crippen molar-refractivity contribution >= 4 is 5.91 Å². The minimum atomic E-state index is 0.127. The maximum absolute atomic E-state index is 12.6. The number of likely N-dealkylation sites (tertiary alicyclic amines) is 1. The van der Waals surface area contributed by atoms with Gasteiger partial charge in [-0.15, -0.1) is 0 Å². The van der Waals surface area contributed by atoms with E-state index in [1.165, 1.54) is 12.8 Å². The summed E-state index contributed by atoms with van der Waals surface area (Å²) >= 11 is 0. The van der Waals surface area contributed by atoms with E-state index in [4.69, 9.17) is 0 Å². The summed E-state index contributed by atoms with van der Waals surface area (Å²) in [5.74, 6) is 1.97. The fourth-order valence-electron chi connectivity index (χ4n) is 3.65. The molecule has 1 saturated carbocycles. The highest BCUT2D eigenvalue weighted by molar-refractivity contribution is 5.77. The van der Waals surface area contributed by atoms with Gasteiger partial charge in [-0.1, -0.05) is 6.07 Å². The number of amides is 1. The number of imidazole rings is 1.